The SMILES string of the molecule is Cc1nn(-c2ccc(F)cc2)c(Cl)c1/C=C/C(=O)Nc1nncs1. The van der Waals surface area contributed by atoms with E-state index in [2.05, 4.69) is 20.6 Å². The van der Waals surface area contributed by atoms with Crippen molar-refractivity contribution in [1.82, 2.24) is 20.0 Å². The molecule has 1 aromatic carbocycles. The Morgan fingerprint density at radius 3 is 2.79 bits per heavy atom. The highest BCUT2D eigenvalue weighted by Crippen LogP contribution is 2.25. The summed E-state index contributed by atoms with van der Waals surface area (Å²) < 4.78 is 14.5. The smallest absolute Gasteiger partial charge is 0.250 e. The summed E-state index contributed by atoms with van der Waals surface area (Å²) in [5.41, 5.74) is 3.40. The number of amides is 1. The van der Waals surface area contributed by atoms with Gasteiger partial charge in [-0.15, -0.1) is 10.2 Å². The van der Waals surface area contributed by atoms with E-state index < -0.39 is 0 Å². The first-order valence-corrected chi connectivity index (χ1v) is 8.06. The fourth-order valence-corrected chi connectivity index (χ4v) is 2.77. The highest BCUT2D eigenvalue weighted by molar-refractivity contribution is 7.13. The lowest BCUT2D eigenvalue weighted by Crippen LogP contribution is -2.07. The third kappa shape index (κ3) is 3.50. The number of benzene rings is 1. The number of nitrogens with zero attached hydrogens (tertiary/aromatic N) is 4. The minimum absolute atomic E-state index is 0.332. The Kier molecular flexibility index (Phi) is 4.68. The van der Waals surface area contributed by atoms with Gasteiger partial charge in [0, 0.05) is 11.6 Å². The summed E-state index contributed by atoms with van der Waals surface area (Å²) >= 11 is 7.55. The van der Waals surface area contributed by atoms with Crippen LogP contribution in [0, 0.1) is 12.7 Å². The summed E-state index contributed by atoms with van der Waals surface area (Å²) in [6, 6.07) is 5.80. The molecule has 3 aromatic rings. The molecule has 0 unspecified atom stereocenters. The van der Waals surface area contributed by atoms with Crippen molar-refractivity contribution in [2.75, 3.05) is 5.32 Å². The molecule has 0 radical (unpaired) electrons. The third-order valence-electron chi connectivity index (χ3n) is 3.11. The molecule has 3 rings (SSSR count). The Morgan fingerprint density at radius 2 is 2.12 bits per heavy atom. The van der Waals surface area contributed by atoms with Gasteiger partial charge in [-0.1, -0.05) is 22.9 Å². The standard InChI is InChI=1S/C15H11ClFN5OS/c1-9-12(6-7-13(23)19-15-20-18-8-24-15)14(16)22(21-9)11-4-2-10(17)3-5-11/h2-8H,1H3,(H,19,20,23)/b7-6+. The Labute approximate surface area is 145 Å². The van der Waals surface area contributed by atoms with Crippen molar-refractivity contribution < 1.29 is 9.18 Å². The predicted molar refractivity (Wildman–Crippen MR) is 90.8 cm³/mol. The zero-order valence-corrected chi connectivity index (χ0v) is 14.0. The molecule has 2 heterocycles. The summed E-state index contributed by atoms with van der Waals surface area (Å²) in [6.45, 7) is 1.77. The number of rotatable bonds is 4. The van der Waals surface area contributed by atoms with Crippen LogP contribution in [0.1, 0.15) is 11.3 Å². The zero-order chi connectivity index (χ0) is 17.1. The van der Waals surface area contributed by atoms with E-state index in [4.69, 9.17) is 11.6 Å². The second kappa shape index (κ2) is 6.90. The van der Waals surface area contributed by atoms with Gasteiger partial charge >= 0.3 is 0 Å². The van der Waals surface area contributed by atoms with E-state index in [1.54, 1.807) is 25.1 Å². The first kappa shape index (κ1) is 16.3. The van der Waals surface area contributed by atoms with Crippen molar-refractivity contribution in [3.05, 3.63) is 58.1 Å². The number of nitrogens with one attached hydrogen (secondary N) is 1. The van der Waals surface area contributed by atoms with E-state index >= 15 is 0 Å². The molecule has 122 valence electrons. The number of hydrogen-bond acceptors (Lipinski definition) is 5. The molecule has 1 N–H and O–H groups in total. The number of carbonyl (C=O) groups excluding carboxylic acids is 1. The van der Waals surface area contributed by atoms with Crippen LogP contribution in [0.15, 0.2) is 35.9 Å². The monoisotopic (exact) mass is 363 g/mol. The van der Waals surface area contributed by atoms with Gasteiger partial charge in [-0.25, -0.2) is 9.07 Å². The number of carbonyl (C=O) groups is 1. The number of aromatic nitrogens is 4. The predicted octanol–water partition coefficient (Wildman–Crippen LogP) is 3.48. The lowest BCUT2D eigenvalue weighted by Gasteiger charge is -2.02. The Morgan fingerprint density at radius 1 is 1.38 bits per heavy atom. The lowest BCUT2D eigenvalue weighted by molar-refractivity contribution is -0.111. The van der Waals surface area contributed by atoms with Crippen molar-refractivity contribution >= 4 is 40.1 Å². The van der Waals surface area contributed by atoms with E-state index in [9.17, 15) is 9.18 Å². The van der Waals surface area contributed by atoms with Crippen LogP contribution in [0.5, 0.6) is 0 Å². The van der Waals surface area contributed by atoms with Crippen LogP contribution in [-0.4, -0.2) is 25.9 Å². The largest absolute Gasteiger partial charge is 0.297 e. The number of aryl methyl sites for hydroxylation is 1. The van der Waals surface area contributed by atoms with Crippen LogP contribution in [0.4, 0.5) is 9.52 Å². The van der Waals surface area contributed by atoms with Crippen LogP contribution in [0.25, 0.3) is 11.8 Å². The molecule has 0 fully saturated rings. The van der Waals surface area contributed by atoms with E-state index in [0.717, 1.165) is 0 Å². The van der Waals surface area contributed by atoms with Crippen LogP contribution < -0.4 is 5.32 Å². The van der Waals surface area contributed by atoms with Gasteiger partial charge in [0.05, 0.1) is 11.4 Å². The molecule has 6 nitrogen and oxygen atoms in total. The Bertz CT molecular complexity index is 889. The quantitative estimate of drug-likeness (QED) is 0.720. The van der Waals surface area contributed by atoms with E-state index in [0.29, 0.717) is 27.2 Å². The van der Waals surface area contributed by atoms with E-state index in [1.807, 2.05) is 0 Å². The van der Waals surface area contributed by atoms with Gasteiger partial charge < -0.3 is 0 Å². The van der Waals surface area contributed by atoms with Crippen LogP contribution in [0.3, 0.4) is 0 Å². The maximum absolute atomic E-state index is 13.0. The fraction of sp³-hybridized carbons (Fsp3) is 0.0667. The minimum atomic E-state index is -0.350. The van der Waals surface area contributed by atoms with Gasteiger partial charge in [-0.05, 0) is 37.3 Å². The van der Waals surface area contributed by atoms with Gasteiger partial charge in [0.1, 0.15) is 16.5 Å². The average Bonchev–Trinajstić information content (AvgIpc) is 3.15. The first-order chi connectivity index (χ1) is 11.5. The number of halogens is 2. The summed E-state index contributed by atoms with van der Waals surface area (Å²) in [6.07, 6.45) is 2.91. The second-order valence-corrected chi connectivity index (χ2v) is 5.94. The summed E-state index contributed by atoms with van der Waals surface area (Å²) in [5, 5.41) is 15.0. The Hall–Kier alpha value is -2.58. The summed E-state index contributed by atoms with van der Waals surface area (Å²) in [5.74, 6) is -0.691. The van der Waals surface area contributed by atoms with Crippen molar-refractivity contribution in [3.8, 4) is 5.69 Å². The number of hydrogen-bond donors (Lipinski definition) is 1. The van der Waals surface area contributed by atoms with Gasteiger partial charge in [-0.3, -0.25) is 10.1 Å². The highest BCUT2D eigenvalue weighted by Gasteiger charge is 2.13. The minimum Gasteiger partial charge on any atom is -0.297 e. The van der Waals surface area contributed by atoms with Crippen molar-refractivity contribution in [1.29, 1.82) is 0 Å². The molecular formula is C15H11ClFN5OS. The van der Waals surface area contributed by atoms with E-state index in [-0.39, 0.29) is 11.7 Å². The lowest BCUT2D eigenvalue weighted by atomic mass is 10.2. The molecule has 0 aliphatic carbocycles. The molecule has 0 spiro atoms. The third-order valence-corrected chi connectivity index (χ3v) is 4.08. The first-order valence-electron chi connectivity index (χ1n) is 6.81. The normalized spacial score (nSPS) is 11.1. The molecule has 1 amide bonds. The van der Waals surface area contributed by atoms with Gasteiger partial charge in [0.15, 0.2) is 0 Å². The summed E-state index contributed by atoms with van der Waals surface area (Å²) in [4.78, 5) is 11.8. The van der Waals surface area contributed by atoms with Crippen molar-refractivity contribution in [2.45, 2.75) is 6.92 Å². The van der Waals surface area contributed by atoms with Gasteiger partial charge in [0.25, 0.3) is 0 Å². The van der Waals surface area contributed by atoms with Gasteiger partial charge in [-0.2, -0.15) is 5.10 Å². The maximum atomic E-state index is 13.0. The molecule has 0 saturated heterocycles. The molecule has 0 aliphatic rings. The van der Waals surface area contributed by atoms with Crippen LogP contribution in [0.2, 0.25) is 5.15 Å². The van der Waals surface area contributed by atoms with Crippen LogP contribution >= 0.6 is 22.9 Å². The molecule has 0 bridgehead atoms. The molecule has 24 heavy (non-hydrogen) atoms. The van der Waals surface area contributed by atoms with Crippen molar-refractivity contribution in [3.63, 3.8) is 0 Å². The molecule has 2 aromatic heterocycles. The Balaban J connectivity index is 1.82. The molecule has 0 aliphatic heterocycles. The fourth-order valence-electron chi connectivity index (χ4n) is 1.99. The summed E-state index contributed by atoms with van der Waals surface area (Å²) in [7, 11) is 0. The number of anilines is 1. The molecule has 9 heteroatoms. The van der Waals surface area contributed by atoms with Gasteiger partial charge in [0.2, 0.25) is 11.0 Å². The second-order valence-electron chi connectivity index (χ2n) is 4.74. The highest BCUT2D eigenvalue weighted by atomic mass is 35.5. The van der Waals surface area contributed by atoms with Crippen LogP contribution in [-0.2, 0) is 4.79 Å². The zero-order valence-electron chi connectivity index (χ0n) is 12.4. The average molecular weight is 364 g/mol. The molecule has 0 saturated carbocycles. The topological polar surface area (TPSA) is 72.7 Å². The van der Waals surface area contributed by atoms with E-state index in [1.165, 1.54) is 39.7 Å². The maximum Gasteiger partial charge on any atom is 0.250 e. The molecule has 0 atom stereocenters. The molecular weight excluding hydrogens is 353 g/mol. The van der Waals surface area contributed by atoms with Crippen molar-refractivity contribution in [2.24, 2.45) is 0 Å².